The number of nitrogens with one attached hydrogen (secondary N) is 1. The number of allylic oxidation sites excluding steroid dienone is 1. The topological polar surface area (TPSA) is 55.4 Å². The number of hydrogen-bond acceptors (Lipinski definition) is 3. The summed E-state index contributed by atoms with van der Waals surface area (Å²) in [5.41, 5.74) is 1.06. The number of amides is 1. The normalized spacial score (nSPS) is 14.7. The van der Waals surface area contributed by atoms with Gasteiger partial charge < -0.3 is 10.1 Å². The highest BCUT2D eigenvalue weighted by molar-refractivity contribution is 6.32. The van der Waals surface area contributed by atoms with Crippen LogP contribution in [0.5, 0.6) is 11.5 Å². The Morgan fingerprint density at radius 3 is 2.50 bits per heavy atom. The Labute approximate surface area is 170 Å². The first-order valence-corrected chi connectivity index (χ1v) is 10.0. The van der Waals surface area contributed by atoms with Gasteiger partial charge in [0.05, 0.1) is 10.7 Å². The molecule has 4 nitrogen and oxygen atoms in total. The van der Waals surface area contributed by atoms with Gasteiger partial charge in [0.25, 0.3) is 0 Å². The van der Waals surface area contributed by atoms with Gasteiger partial charge in [0, 0.05) is 6.42 Å². The summed E-state index contributed by atoms with van der Waals surface area (Å²) in [6.07, 6.45) is 8.64. The molecule has 1 fully saturated rings. The predicted molar refractivity (Wildman–Crippen MR) is 111 cm³/mol. The van der Waals surface area contributed by atoms with E-state index in [0.717, 1.165) is 12.0 Å². The van der Waals surface area contributed by atoms with Crippen LogP contribution < -0.4 is 10.1 Å². The Hall–Kier alpha value is -2.59. The van der Waals surface area contributed by atoms with Crippen LogP contribution in [-0.2, 0) is 9.59 Å². The molecular formula is C23H24ClNO3. The van der Waals surface area contributed by atoms with Crippen molar-refractivity contribution in [3.63, 3.8) is 0 Å². The molecule has 1 saturated carbocycles. The Kier molecular flexibility index (Phi) is 7.26. The van der Waals surface area contributed by atoms with Gasteiger partial charge in [-0.25, -0.2) is 0 Å². The van der Waals surface area contributed by atoms with E-state index in [1.807, 2.05) is 24.3 Å². The molecule has 28 heavy (non-hydrogen) atoms. The SMILES string of the molecule is O=C/C(=C/c1ccc(Oc2ccccc2Cl)cc1)NC(=O)CCC1CCCC1. The van der Waals surface area contributed by atoms with Crippen LogP contribution in [-0.4, -0.2) is 12.2 Å². The zero-order valence-electron chi connectivity index (χ0n) is 15.7. The molecule has 0 unspecified atom stereocenters. The van der Waals surface area contributed by atoms with Crippen molar-refractivity contribution in [3.05, 3.63) is 64.8 Å². The summed E-state index contributed by atoms with van der Waals surface area (Å²) < 4.78 is 5.75. The van der Waals surface area contributed by atoms with Gasteiger partial charge in [-0.05, 0) is 48.2 Å². The van der Waals surface area contributed by atoms with E-state index in [0.29, 0.717) is 35.1 Å². The second-order valence-electron chi connectivity index (χ2n) is 7.06. The van der Waals surface area contributed by atoms with Crippen LogP contribution in [0.4, 0.5) is 0 Å². The molecular weight excluding hydrogens is 374 g/mol. The summed E-state index contributed by atoms with van der Waals surface area (Å²) >= 11 is 6.10. The van der Waals surface area contributed by atoms with E-state index in [1.54, 1.807) is 30.3 Å². The third kappa shape index (κ3) is 5.96. The molecule has 0 heterocycles. The minimum atomic E-state index is -0.107. The minimum Gasteiger partial charge on any atom is -0.456 e. The van der Waals surface area contributed by atoms with Crippen LogP contribution in [0.25, 0.3) is 6.08 Å². The van der Waals surface area contributed by atoms with Gasteiger partial charge in [-0.15, -0.1) is 0 Å². The number of hydrogen-bond donors (Lipinski definition) is 1. The molecule has 0 atom stereocenters. The zero-order valence-corrected chi connectivity index (χ0v) is 16.5. The van der Waals surface area contributed by atoms with E-state index in [-0.39, 0.29) is 11.6 Å². The minimum absolute atomic E-state index is 0.107. The molecule has 2 aromatic rings. The van der Waals surface area contributed by atoms with Crippen LogP contribution in [0.1, 0.15) is 44.1 Å². The van der Waals surface area contributed by atoms with Crippen molar-refractivity contribution >= 4 is 29.9 Å². The number of halogens is 1. The van der Waals surface area contributed by atoms with Gasteiger partial charge in [0.15, 0.2) is 6.29 Å². The van der Waals surface area contributed by atoms with E-state index in [2.05, 4.69) is 5.32 Å². The van der Waals surface area contributed by atoms with Gasteiger partial charge in [-0.1, -0.05) is 61.5 Å². The highest BCUT2D eigenvalue weighted by atomic mass is 35.5. The van der Waals surface area contributed by atoms with Crippen LogP contribution in [0, 0.1) is 5.92 Å². The van der Waals surface area contributed by atoms with Gasteiger partial charge in [0.2, 0.25) is 5.91 Å². The maximum absolute atomic E-state index is 12.1. The fourth-order valence-electron chi connectivity index (χ4n) is 3.42. The summed E-state index contributed by atoms with van der Waals surface area (Å²) in [5, 5.41) is 3.24. The highest BCUT2D eigenvalue weighted by Crippen LogP contribution is 2.29. The summed E-state index contributed by atoms with van der Waals surface area (Å²) in [4.78, 5) is 23.4. The average molecular weight is 398 g/mol. The van der Waals surface area contributed by atoms with Crippen molar-refractivity contribution in [2.45, 2.75) is 38.5 Å². The van der Waals surface area contributed by atoms with Crippen molar-refractivity contribution < 1.29 is 14.3 Å². The number of aldehydes is 1. The molecule has 3 rings (SSSR count). The quantitative estimate of drug-likeness (QED) is 0.455. The van der Waals surface area contributed by atoms with Gasteiger partial charge in [-0.2, -0.15) is 0 Å². The molecule has 0 bridgehead atoms. The molecule has 2 aromatic carbocycles. The smallest absolute Gasteiger partial charge is 0.224 e. The standard InChI is InChI=1S/C23H24ClNO3/c24-21-7-3-4-8-22(21)28-20-12-9-18(10-13-20)15-19(16-26)25-23(27)14-11-17-5-1-2-6-17/h3-4,7-10,12-13,15-17H,1-2,5-6,11,14H2,(H,25,27)/b19-15-. The number of benzene rings is 2. The number of carbonyl (C=O) groups is 2. The largest absolute Gasteiger partial charge is 0.456 e. The Bertz CT molecular complexity index is 839. The molecule has 0 spiro atoms. The molecule has 0 aromatic heterocycles. The molecule has 1 amide bonds. The van der Waals surface area contributed by atoms with E-state index in [9.17, 15) is 9.59 Å². The van der Waals surface area contributed by atoms with E-state index in [1.165, 1.54) is 25.7 Å². The lowest BCUT2D eigenvalue weighted by atomic mass is 10.0. The third-order valence-electron chi connectivity index (χ3n) is 4.93. The zero-order chi connectivity index (χ0) is 19.8. The monoisotopic (exact) mass is 397 g/mol. The molecule has 0 aliphatic heterocycles. The molecule has 5 heteroatoms. The Balaban J connectivity index is 1.56. The Morgan fingerprint density at radius 2 is 1.82 bits per heavy atom. The molecule has 0 radical (unpaired) electrons. The van der Waals surface area contributed by atoms with Crippen molar-refractivity contribution in [2.24, 2.45) is 5.92 Å². The van der Waals surface area contributed by atoms with Crippen molar-refractivity contribution in [1.82, 2.24) is 5.32 Å². The maximum atomic E-state index is 12.1. The first-order chi connectivity index (χ1) is 13.6. The van der Waals surface area contributed by atoms with Gasteiger partial charge in [0.1, 0.15) is 11.5 Å². The summed E-state index contributed by atoms with van der Waals surface area (Å²) in [6.45, 7) is 0. The lowest BCUT2D eigenvalue weighted by Crippen LogP contribution is -2.23. The Morgan fingerprint density at radius 1 is 1.11 bits per heavy atom. The van der Waals surface area contributed by atoms with Gasteiger partial charge >= 0.3 is 0 Å². The number of carbonyl (C=O) groups excluding carboxylic acids is 2. The number of rotatable bonds is 8. The second kappa shape index (κ2) is 10.1. The lowest BCUT2D eigenvalue weighted by Gasteiger charge is -2.09. The first kappa shape index (κ1) is 20.2. The summed E-state index contributed by atoms with van der Waals surface area (Å²) in [5.74, 6) is 1.76. The molecule has 0 saturated heterocycles. The first-order valence-electron chi connectivity index (χ1n) is 9.63. The van der Waals surface area contributed by atoms with E-state index in [4.69, 9.17) is 16.3 Å². The fraction of sp³-hybridized carbons (Fsp3) is 0.304. The number of para-hydroxylation sites is 1. The molecule has 1 aliphatic carbocycles. The van der Waals surface area contributed by atoms with Crippen LogP contribution >= 0.6 is 11.6 Å². The van der Waals surface area contributed by atoms with E-state index < -0.39 is 0 Å². The molecule has 1 N–H and O–H groups in total. The average Bonchev–Trinajstić information content (AvgIpc) is 3.23. The third-order valence-corrected chi connectivity index (χ3v) is 5.24. The van der Waals surface area contributed by atoms with Crippen LogP contribution in [0.2, 0.25) is 5.02 Å². The summed E-state index contributed by atoms with van der Waals surface area (Å²) in [6, 6.07) is 14.5. The maximum Gasteiger partial charge on any atom is 0.224 e. The van der Waals surface area contributed by atoms with Crippen molar-refractivity contribution in [1.29, 1.82) is 0 Å². The molecule has 1 aliphatic rings. The molecule has 146 valence electrons. The van der Waals surface area contributed by atoms with E-state index >= 15 is 0 Å². The van der Waals surface area contributed by atoms with Gasteiger partial charge in [-0.3, -0.25) is 9.59 Å². The highest BCUT2D eigenvalue weighted by Gasteiger charge is 2.16. The van der Waals surface area contributed by atoms with Crippen molar-refractivity contribution in [3.8, 4) is 11.5 Å². The number of ether oxygens (including phenoxy) is 1. The van der Waals surface area contributed by atoms with Crippen molar-refractivity contribution in [2.75, 3.05) is 0 Å². The second-order valence-corrected chi connectivity index (χ2v) is 7.46. The summed E-state index contributed by atoms with van der Waals surface area (Å²) in [7, 11) is 0. The fourth-order valence-corrected chi connectivity index (χ4v) is 3.60. The predicted octanol–water partition coefficient (Wildman–Crippen LogP) is 5.76. The van der Waals surface area contributed by atoms with Crippen LogP contribution in [0.15, 0.2) is 54.2 Å². The van der Waals surface area contributed by atoms with Crippen LogP contribution in [0.3, 0.4) is 0 Å². The lowest BCUT2D eigenvalue weighted by molar-refractivity contribution is -0.121.